The van der Waals surface area contributed by atoms with Gasteiger partial charge in [-0.15, -0.1) is 11.3 Å². The summed E-state index contributed by atoms with van der Waals surface area (Å²) >= 11 is 1.73. The molecule has 0 bridgehead atoms. The smallest absolute Gasteiger partial charge is 0.307 e. The molecule has 128 valence electrons. The van der Waals surface area contributed by atoms with Crippen molar-refractivity contribution in [1.29, 1.82) is 0 Å². The maximum atomic E-state index is 11.2. The summed E-state index contributed by atoms with van der Waals surface area (Å²) in [5, 5.41) is 11.3. The molecule has 5 heteroatoms. The molecule has 1 aliphatic rings. The van der Waals surface area contributed by atoms with Crippen LogP contribution in [0.4, 0.5) is 0 Å². The first kappa shape index (κ1) is 17.0. The van der Waals surface area contributed by atoms with Crippen LogP contribution in [0.5, 0.6) is 0 Å². The highest BCUT2D eigenvalue weighted by molar-refractivity contribution is 7.11. The third-order valence-corrected chi connectivity index (χ3v) is 5.59. The van der Waals surface area contributed by atoms with E-state index in [4.69, 9.17) is 4.42 Å². The molecule has 0 spiro atoms. The fourth-order valence-corrected chi connectivity index (χ4v) is 4.21. The summed E-state index contributed by atoms with van der Waals surface area (Å²) in [6.07, 6.45) is 6.58. The molecular weight excluding hydrogens is 322 g/mol. The number of carbonyl (C=O) groups is 1. The van der Waals surface area contributed by atoms with Crippen LogP contribution in [0.15, 0.2) is 40.3 Å². The number of carboxylic acid groups (broad SMARTS) is 1. The highest BCUT2D eigenvalue weighted by Gasteiger charge is 2.24. The van der Waals surface area contributed by atoms with Crippen LogP contribution >= 0.6 is 11.3 Å². The minimum Gasteiger partial charge on any atom is -0.481 e. The maximum absolute atomic E-state index is 11.2. The molecule has 0 saturated carbocycles. The van der Waals surface area contributed by atoms with Gasteiger partial charge in [-0.3, -0.25) is 4.79 Å². The summed E-state index contributed by atoms with van der Waals surface area (Å²) in [4.78, 5) is 14.7. The topological polar surface area (TPSA) is 53.7 Å². The van der Waals surface area contributed by atoms with Gasteiger partial charge in [0.2, 0.25) is 0 Å². The van der Waals surface area contributed by atoms with Crippen LogP contribution in [-0.4, -0.2) is 35.6 Å². The number of likely N-dealkylation sites (tertiary alicyclic amines) is 1. The van der Waals surface area contributed by atoms with Crippen molar-refractivity contribution in [3.8, 4) is 0 Å². The molecule has 3 rings (SSSR count). The quantitative estimate of drug-likeness (QED) is 0.849. The van der Waals surface area contributed by atoms with E-state index in [1.54, 1.807) is 17.6 Å². The first-order valence-corrected chi connectivity index (χ1v) is 9.27. The van der Waals surface area contributed by atoms with Gasteiger partial charge < -0.3 is 14.4 Å². The number of aryl methyl sites for hydroxylation is 1. The van der Waals surface area contributed by atoms with Gasteiger partial charge in [0.25, 0.3) is 0 Å². The highest BCUT2D eigenvalue weighted by atomic mass is 32.1. The second-order valence-corrected chi connectivity index (χ2v) is 7.21. The summed E-state index contributed by atoms with van der Waals surface area (Å²) in [5.74, 6) is 0.00940. The normalized spacial score (nSPS) is 19.5. The zero-order chi connectivity index (χ0) is 16.9. The largest absolute Gasteiger partial charge is 0.481 e. The molecule has 0 radical (unpaired) electrons. The predicted octanol–water partition coefficient (Wildman–Crippen LogP) is 4.27. The zero-order valence-electron chi connectivity index (χ0n) is 13.9. The summed E-state index contributed by atoms with van der Waals surface area (Å²) in [6.45, 7) is 4.66. The van der Waals surface area contributed by atoms with Crippen molar-refractivity contribution >= 4 is 22.9 Å². The van der Waals surface area contributed by atoms with Gasteiger partial charge in [-0.2, -0.15) is 0 Å². The second-order valence-electron chi connectivity index (χ2n) is 6.29. The Balaban J connectivity index is 1.68. The molecule has 1 saturated heterocycles. The monoisotopic (exact) mass is 345 g/mol. The lowest BCUT2D eigenvalue weighted by atomic mass is 9.98. The molecule has 4 nitrogen and oxygen atoms in total. The van der Waals surface area contributed by atoms with Gasteiger partial charge in [0.05, 0.1) is 12.2 Å². The lowest BCUT2D eigenvalue weighted by molar-refractivity contribution is -0.143. The van der Waals surface area contributed by atoms with Crippen LogP contribution in [0.25, 0.3) is 5.57 Å². The van der Waals surface area contributed by atoms with Gasteiger partial charge in [-0.1, -0.05) is 6.08 Å². The Hall–Kier alpha value is -1.85. The Morgan fingerprint density at radius 1 is 1.50 bits per heavy atom. The van der Waals surface area contributed by atoms with Gasteiger partial charge >= 0.3 is 5.97 Å². The average molecular weight is 345 g/mol. The number of hydrogen-bond donors (Lipinski definition) is 1. The molecular formula is C19H23NO3S. The van der Waals surface area contributed by atoms with E-state index in [1.165, 1.54) is 10.4 Å². The molecule has 2 aromatic rings. The van der Waals surface area contributed by atoms with E-state index < -0.39 is 5.97 Å². The molecule has 0 amide bonds. The van der Waals surface area contributed by atoms with Gasteiger partial charge in [0.15, 0.2) is 0 Å². The number of nitrogens with zero attached hydrogens (tertiary/aromatic N) is 1. The summed E-state index contributed by atoms with van der Waals surface area (Å²) in [6, 6.07) is 6.03. The van der Waals surface area contributed by atoms with Crippen molar-refractivity contribution in [2.75, 3.05) is 19.6 Å². The highest BCUT2D eigenvalue weighted by Crippen LogP contribution is 2.31. The molecule has 24 heavy (non-hydrogen) atoms. The van der Waals surface area contributed by atoms with E-state index in [2.05, 4.69) is 29.3 Å². The van der Waals surface area contributed by atoms with Crippen molar-refractivity contribution in [2.45, 2.75) is 26.2 Å². The van der Waals surface area contributed by atoms with Gasteiger partial charge in [0, 0.05) is 23.5 Å². The number of hydrogen-bond acceptors (Lipinski definition) is 4. The van der Waals surface area contributed by atoms with Crippen LogP contribution < -0.4 is 0 Å². The number of piperidine rings is 1. The lowest BCUT2D eigenvalue weighted by Crippen LogP contribution is -2.39. The molecule has 1 fully saturated rings. The molecule has 0 aliphatic carbocycles. The van der Waals surface area contributed by atoms with Gasteiger partial charge in [0.1, 0.15) is 5.76 Å². The summed E-state index contributed by atoms with van der Waals surface area (Å²) < 4.78 is 5.61. The number of furan rings is 1. The standard InChI is InChI=1S/C19H23NO3S/c1-14-8-12-24-18(14)16(17-7-4-11-23-17)6-3-10-20-9-2-5-15(13-20)19(21)22/h4,6-8,11-12,15H,2-3,5,9-10,13H2,1H3,(H,21,22). The van der Waals surface area contributed by atoms with E-state index in [-0.39, 0.29) is 5.92 Å². The maximum Gasteiger partial charge on any atom is 0.307 e. The molecule has 1 N–H and O–H groups in total. The average Bonchev–Trinajstić information content (AvgIpc) is 3.24. The minimum absolute atomic E-state index is 0.216. The minimum atomic E-state index is -0.666. The molecule has 2 aromatic heterocycles. The lowest BCUT2D eigenvalue weighted by Gasteiger charge is -2.30. The van der Waals surface area contributed by atoms with Crippen LogP contribution in [0, 0.1) is 12.8 Å². The Morgan fingerprint density at radius 3 is 3.04 bits per heavy atom. The van der Waals surface area contributed by atoms with Crippen molar-refractivity contribution in [1.82, 2.24) is 4.90 Å². The van der Waals surface area contributed by atoms with Crippen molar-refractivity contribution < 1.29 is 14.3 Å². The summed E-state index contributed by atoms with van der Waals surface area (Å²) in [7, 11) is 0. The Labute approximate surface area is 146 Å². The first-order valence-electron chi connectivity index (χ1n) is 8.39. The second kappa shape index (κ2) is 7.81. The molecule has 0 aromatic carbocycles. The fourth-order valence-electron chi connectivity index (χ4n) is 3.24. The van der Waals surface area contributed by atoms with Crippen LogP contribution in [0.3, 0.4) is 0 Å². The van der Waals surface area contributed by atoms with Gasteiger partial charge in [-0.05, 0) is 61.9 Å². The van der Waals surface area contributed by atoms with Crippen molar-refractivity contribution in [2.24, 2.45) is 5.92 Å². The summed E-state index contributed by atoms with van der Waals surface area (Å²) in [5.41, 5.74) is 2.39. The van der Waals surface area contributed by atoms with E-state index in [0.29, 0.717) is 6.54 Å². The van der Waals surface area contributed by atoms with Crippen molar-refractivity contribution in [3.63, 3.8) is 0 Å². The Kier molecular flexibility index (Phi) is 5.53. The van der Waals surface area contributed by atoms with Crippen LogP contribution in [0.2, 0.25) is 0 Å². The number of carboxylic acids is 1. The number of thiophene rings is 1. The molecule has 3 heterocycles. The van der Waals surface area contributed by atoms with E-state index in [1.807, 2.05) is 12.1 Å². The zero-order valence-corrected chi connectivity index (χ0v) is 14.7. The molecule has 1 atom stereocenters. The fraction of sp³-hybridized carbons (Fsp3) is 0.421. The SMILES string of the molecule is Cc1ccsc1C(=CCCN1CCCC(C(=O)O)C1)c1ccco1. The van der Waals surface area contributed by atoms with E-state index in [0.717, 1.165) is 43.7 Å². The molecule has 1 unspecified atom stereocenters. The van der Waals surface area contributed by atoms with E-state index >= 15 is 0 Å². The van der Waals surface area contributed by atoms with Crippen molar-refractivity contribution in [3.05, 3.63) is 52.1 Å². The Morgan fingerprint density at radius 2 is 2.38 bits per heavy atom. The number of rotatable bonds is 6. The number of aliphatic carboxylic acids is 1. The van der Waals surface area contributed by atoms with Crippen LogP contribution in [-0.2, 0) is 4.79 Å². The third kappa shape index (κ3) is 3.97. The Bertz CT molecular complexity index is 702. The third-order valence-electron chi connectivity index (χ3n) is 4.54. The van der Waals surface area contributed by atoms with Crippen LogP contribution in [0.1, 0.15) is 35.5 Å². The molecule has 1 aliphatic heterocycles. The predicted molar refractivity (Wildman–Crippen MR) is 96.3 cm³/mol. The van der Waals surface area contributed by atoms with Gasteiger partial charge in [-0.25, -0.2) is 0 Å². The first-order chi connectivity index (χ1) is 11.6. The van der Waals surface area contributed by atoms with E-state index in [9.17, 15) is 9.90 Å².